The van der Waals surface area contributed by atoms with Gasteiger partial charge in [-0.05, 0) is 48.5 Å². The molecular formula is C25H20N2O3. The molecule has 0 aliphatic carbocycles. The molecule has 1 aromatic heterocycles. The van der Waals surface area contributed by atoms with Crippen LogP contribution < -0.4 is 9.47 Å². The lowest BCUT2D eigenvalue weighted by atomic mass is 10.1. The van der Waals surface area contributed by atoms with Crippen molar-refractivity contribution in [3.8, 4) is 17.4 Å². The molecule has 1 amide bonds. The van der Waals surface area contributed by atoms with Crippen LogP contribution in [0.5, 0.6) is 17.4 Å². The van der Waals surface area contributed by atoms with E-state index in [4.69, 9.17) is 9.47 Å². The van der Waals surface area contributed by atoms with E-state index in [0.717, 1.165) is 16.7 Å². The second kappa shape index (κ2) is 7.87. The molecule has 30 heavy (non-hydrogen) atoms. The zero-order chi connectivity index (χ0) is 20.3. The average Bonchev–Trinajstić information content (AvgIpc) is 2.77. The minimum atomic E-state index is -0.0386. The average molecular weight is 396 g/mol. The van der Waals surface area contributed by atoms with E-state index in [0.29, 0.717) is 30.3 Å². The zero-order valence-electron chi connectivity index (χ0n) is 16.3. The molecule has 0 radical (unpaired) electrons. The summed E-state index contributed by atoms with van der Waals surface area (Å²) in [5.41, 5.74) is 1.54. The normalized spacial score (nSPS) is 13.7. The van der Waals surface area contributed by atoms with Crippen molar-refractivity contribution in [2.45, 2.75) is 6.10 Å². The fourth-order valence-corrected chi connectivity index (χ4v) is 3.43. The molecule has 5 heteroatoms. The number of nitrogens with zero attached hydrogens (tertiary/aromatic N) is 2. The molecule has 0 saturated carbocycles. The highest BCUT2D eigenvalue weighted by atomic mass is 16.5. The van der Waals surface area contributed by atoms with Crippen LogP contribution >= 0.6 is 0 Å². The van der Waals surface area contributed by atoms with Crippen LogP contribution in [0.3, 0.4) is 0 Å². The topological polar surface area (TPSA) is 51.7 Å². The zero-order valence-corrected chi connectivity index (χ0v) is 16.3. The van der Waals surface area contributed by atoms with E-state index >= 15 is 0 Å². The first kappa shape index (κ1) is 18.2. The molecule has 3 aromatic carbocycles. The Morgan fingerprint density at radius 2 is 1.50 bits per heavy atom. The number of carbonyl (C=O) groups is 1. The number of aromatic nitrogens is 1. The van der Waals surface area contributed by atoms with E-state index in [1.54, 1.807) is 17.0 Å². The van der Waals surface area contributed by atoms with Gasteiger partial charge in [-0.15, -0.1) is 0 Å². The van der Waals surface area contributed by atoms with Crippen molar-refractivity contribution in [3.63, 3.8) is 0 Å². The Morgan fingerprint density at radius 3 is 2.30 bits per heavy atom. The Morgan fingerprint density at radius 1 is 0.800 bits per heavy atom. The van der Waals surface area contributed by atoms with Gasteiger partial charge in [0.15, 0.2) is 0 Å². The number of fused-ring (bicyclic) bond motifs is 1. The second-order valence-electron chi connectivity index (χ2n) is 7.23. The van der Waals surface area contributed by atoms with Gasteiger partial charge in [-0.25, -0.2) is 4.98 Å². The summed E-state index contributed by atoms with van der Waals surface area (Å²) < 4.78 is 11.7. The van der Waals surface area contributed by atoms with Gasteiger partial charge in [0.25, 0.3) is 5.91 Å². The first-order valence-electron chi connectivity index (χ1n) is 9.89. The van der Waals surface area contributed by atoms with Gasteiger partial charge >= 0.3 is 0 Å². The van der Waals surface area contributed by atoms with E-state index in [9.17, 15) is 4.79 Å². The maximum atomic E-state index is 12.7. The number of hydrogen-bond acceptors (Lipinski definition) is 4. The minimum Gasteiger partial charge on any atom is -0.471 e. The van der Waals surface area contributed by atoms with E-state index in [1.165, 1.54) is 0 Å². The van der Waals surface area contributed by atoms with Crippen LogP contribution in [0.15, 0.2) is 91.0 Å². The molecule has 1 aliphatic heterocycles. The summed E-state index contributed by atoms with van der Waals surface area (Å²) >= 11 is 0. The lowest BCUT2D eigenvalue weighted by Gasteiger charge is -2.38. The monoisotopic (exact) mass is 396 g/mol. The molecule has 1 fully saturated rings. The van der Waals surface area contributed by atoms with Crippen molar-refractivity contribution < 1.29 is 14.3 Å². The SMILES string of the molecule is O=C(c1ccc(Oc2ccccc2)cc1)N1CC(Oc2ccc3ccccc3n2)C1. The summed E-state index contributed by atoms with van der Waals surface area (Å²) in [6.45, 7) is 1.10. The van der Waals surface area contributed by atoms with Crippen LogP contribution in [0.1, 0.15) is 10.4 Å². The summed E-state index contributed by atoms with van der Waals surface area (Å²) in [4.78, 5) is 19.0. The molecule has 4 aromatic rings. The molecule has 0 bridgehead atoms. The lowest BCUT2D eigenvalue weighted by molar-refractivity contribution is 0.0161. The fourth-order valence-electron chi connectivity index (χ4n) is 3.43. The van der Waals surface area contributed by atoms with Gasteiger partial charge in [0.1, 0.15) is 17.6 Å². The van der Waals surface area contributed by atoms with E-state index in [1.807, 2.05) is 78.9 Å². The van der Waals surface area contributed by atoms with Crippen LogP contribution in [0.25, 0.3) is 10.9 Å². The summed E-state index contributed by atoms with van der Waals surface area (Å²) in [7, 11) is 0. The van der Waals surface area contributed by atoms with Gasteiger partial charge in [-0.3, -0.25) is 4.79 Å². The van der Waals surface area contributed by atoms with Crippen LogP contribution in [-0.4, -0.2) is 35.0 Å². The van der Waals surface area contributed by atoms with Crippen molar-refractivity contribution >= 4 is 16.8 Å². The van der Waals surface area contributed by atoms with Gasteiger partial charge in [0.05, 0.1) is 18.6 Å². The quantitative estimate of drug-likeness (QED) is 0.480. The lowest BCUT2D eigenvalue weighted by Crippen LogP contribution is -2.56. The third-order valence-corrected chi connectivity index (χ3v) is 5.08. The first-order chi connectivity index (χ1) is 14.7. The fraction of sp³-hybridized carbons (Fsp3) is 0.120. The Kier molecular flexibility index (Phi) is 4.77. The number of likely N-dealkylation sites (tertiary alicyclic amines) is 1. The number of carbonyl (C=O) groups excluding carboxylic acids is 1. The van der Waals surface area contributed by atoms with Gasteiger partial charge in [-0.2, -0.15) is 0 Å². The molecule has 2 heterocycles. The van der Waals surface area contributed by atoms with Crippen molar-refractivity contribution in [3.05, 3.63) is 96.6 Å². The van der Waals surface area contributed by atoms with E-state index in [-0.39, 0.29) is 12.0 Å². The predicted molar refractivity (Wildman–Crippen MR) is 115 cm³/mol. The highest BCUT2D eigenvalue weighted by Gasteiger charge is 2.33. The van der Waals surface area contributed by atoms with Crippen molar-refractivity contribution in [2.75, 3.05) is 13.1 Å². The molecule has 5 rings (SSSR count). The third kappa shape index (κ3) is 3.82. The van der Waals surface area contributed by atoms with Crippen molar-refractivity contribution in [2.24, 2.45) is 0 Å². The number of benzene rings is 3. The highest BCUT2D eigenvalue weighted by Crippen LogP contribution is 2.24. The Hall–Kier alpha value is -3.86. The molecule has 0 atom stereocenters. The van der Waals surface area contributed by atoms with E-state index < -0.39 is 0 Å². The standard InChI is InChI=1S/C25H20N2O3/c28-25(19-10-13-21(14-11-19)29-20-7-2-1-3-8-20)27-16-22(17-27)30-24-15-12-18-6-4-5-9-23(18)26-24/h1-15,22H,16-17H2. The van der Waals surface area contributed by atoms with Crippen LogP contribution in [0, 0.1) is 0 Å². The summed E-state index contributed by atoms with van der Waals surface area (Å²) in [5.74, 6) is 2.05. The third-order valence-electron chi connectivity index (χ3n) is 5.08. The summed E-state index contributed by atoms with van der Waals surface area (Å²) in [5, 5.41) is 1.08. The molecule has 0 spiro atoms. The highest BCUT2D eigenvalue weighted by molar-refractivity contribution is 5.95. The van der Waals surface area contributed by atoms with Gasteiger partial charge < -0.3 is 14.4 Å². The number of ether oxygens (including phenoxy) is 2. The summed E-state index contributed by atoms with van der Waals surface area (Å²) in [6, 6.07) is 28.6. The number of pyridine rings is 1. The minimum absolute atomic E-state index is 0.00687. The van der Waals surface area contributed by atoms with E-state index in [2.05, 4.69) is 4.98 Å². The van der Waals surface area contributed by atoms with Crippen LogP contribution in [0.2, 0.25) is 0 Å². The maximum Gasteiger partial charge on any atom is 0.254 e. The first-order valence-corrected chi connectivity index (χ1v) is 9.89. The number of para-hydroxylation sites is 2. The van der Waals surface area contributed by atoms with Crippen LogP contribution in [-0.2, 0) is 0 Å². The van der Waals surface area contributed by atoms with Gasteiger partial charge in [0.2, 0.25) is 5.88 Å². The van der Waals surface area contributed by atoms with Crippen LogP contribution in [0.4, 0.5) is 0 Å². The maximum absolute atomic E-state index is 12.7. The largest absolute Gasteiger partial charge is 0.471 e. The summed E-state index contributed by atoms with van der Waals surface area (Å²) in [6.07, 6.45) is -0.0386. The van der Waals surface area contributed by atoms with Crippen molar-refractivity contribution in [1.82, 2.24) is 9.88 Å². The smallest absolute Gasteiger partial charge is 0.254 e. The molecule has 148 valence electrons. The number of amides is 1. The molecule has 5 nitrogen and oxygen atoms in total. The Labute approximate surface area is 174 Å². The van der Waals surface area contributed by atoms with Crippen molar-refractivity contribution in [1.29, 1.82) is 0 Å². The molecule has 0 unspecified atom stereocenters. The molecule has 1 saturated heterocycles. The van der Waals surface area contributed by atoms with Gasteiger partial charge in [0, 0.05) is 17.0 Å². The molecular weight excluding hydrogens is 376 g/mol. The van der Waals surface area contributed by atoms with Gasteiger partial charge in [-0.1, -0.05) is 36.4 Å². The molecule has 0 N–H and O–H groups in total. The Balaban J connectivity index is 1.17. The number of hydrogen-bond donors (Lipinski definition) is 0. The Bertz CT molecular complexity index is 1170. The second-order valence-corrected chi connectivity index (χ2v) is 7.23. The molecule has 1 aliphatic rings. The predicted octanol–water partition coefficient (Wildman–Crippen LogP) is 4.93. The number of rotatable bonds is 5.